The topological polar surface area (TPSA) is 15.7 Å². The maximum absolute atomic E-state index is 7.13. The molecule has 0 fully saturated rings. The molecule has 14 rings (SSSR count). The van der Waals surface area contributed by atoms with Gasteiger partial charge in [-0.3, -0.25) is 0 Å². The summed E-state index contributed by atoms with van der Waals surface area (Å²) in [6, 6.07) is 85.2. The number of ether oxygens (including phenoxy) is 1. The van der Waals surface area contributed by atoms with Gasteiger partial charge in [0.15, 0.2) is 0 Å². The van der Waals surface area contributed by atoms with Crippen LogP contribution >= 0.6 is 0 Å². The van der Waals surface area contributed by atoms with Crippen LogP contribution in [-0.4, -0.2) is 0 Å². The predicted molar refractivity (Wildman–Crippen MR) is 288 cm³/mol. The van der Waals surface area contributed by atoms with Crippen molar-refractivity contribution < 1.29 is 4.74 Å². The highest BCUT2D eigenvalue weighted by atomic mass is 16.5. The first-order valence-corrected chi connectivity index (χ1v) is 24.6. The fraction of sp³-hybridized carbons (Fsp3) is 0.104. The Balaban J connectivity index is 0.940. The third-order valence-electron chi connectivity index (χ3n) is 16.1. The van der Waals surface area contributed by atoms with Crippen molar-refractivity contribution in [2.45, 2.75) is 43.9 Å². The van der Waals surface area contributed by atoms with Crippen LogP contribution < -0.4 is 14.5 Å². The SMILES string of the molecule is CC1(C)c2ccccc2-c2ccc(N(c3ccccc3)c3ccc4c(c3)Oc3ccccc3C43c4ccccc4-c4cc(N(c5ccccc5)c5ccc6c(c5)C(C)(C)c5ccccc5-6)ccc43)cc21. The predicted octanol–water partition coefficient (Wildman–Crippen LogP) is 17.7. The first-order chi connectivity index (χ1) is 34.2. The molecule has 10 aromatic carbocycles. The van der Waals surface area contributed by atoms with E-state index in [1.807, 2.05) is 0 Å². The smallest absolute Gasteiger partial charge is 0.134 e. The summed E-state index contributed by atoms with van der Waals surface area (Å²) in [4.78, 5) is 4.82. The zero-order valence-corrected chi connectivity index (χ0v) is 39.7. The molecule has 1 aliphatic heterocycles. The van der Waals surface area contributed by atoms with Crippen LogP contribution in [0.1, 0.15) is 72.2 Å². The molecule has 0 radical (unpaired) electrons. The van der Waals surface area contributed by atoms with Crippen LogP contribution in [0.4, 0.5) is 34.1 Å². The van der Waals surface area contributed by atoms with Gasteiger partial charge in [0.2, 0.25) is 0 Å². The van der Waals surface area contributed by atoms with Crippen LogP contribution in [0.15, 0.2) is 231 Å². The van der Waals surface area contributed by atoms with E-state index < -0.39 is 5.41 Å². The number of fused-ring (bicyclic) bond motifs is 15. The van der Waals surface area contributed by atoms with E-state index in [4.69, 9.17) is 4.74 Å². The molecule has 1 atom stereocenters. The number of hydrogen-bond donors (Lipinski definition) is 0. The minimum atomic E-state index is -0.630. The van der Waals surface area contributed by atoms with Crippen molar-refractivity contribution in [2.75, 3.05) is 9.80 Å². The highest BCUT2D eigenvalue weighted by Crippen LogP contribution is 2.63. The standard InChI is InChI=1S/C67H50N2O/c1-65(2)55-26-14-11-23-49(55)52-35-31-46(40-61(52)65)68(43-19-7-5-8-20-43)45-33-37-58-54(39-45)51-25-13-16-28-57(51)67(58)59-29-17-18-30-63(59)70-64-42-48(34-38-60(64)67)69(44-21-9-6-10-22-44)47-32-36-53-50-24-12-15-27-56(50)66(3,4)62(53)41-47/h5-42H,1-4H3. The van der Waals surface area contributed by atoms with E-state index in [0.717, 1.165) is 56.8 Å². The van der Waals surface area contributed by atoms with Gasteiger partial charge in [0, 0.05) is 62.1 Å². The van der Waals surface area contributed by atoms with E-state index in [-0.39, 0.29) is 10.8 Å². The molecule has 3 heteroatoms. The number of benzene rings is 10. The summed E-state index contributed by atoms with van der Waals surface area (Å²) in [6.07, 6.45) is 0. The van der Waals surface area contributed by atoms with Gasteiger partial charge in [0.1, 0.15) is 11.5 Å². The van der Waals surface area contributed by atoms with E-state index in [2.05, 4.69) is 268 Å². The molecule has 70 heavy (non-hydrogen) atoms. The molecule has 0 aromatic heterocycles. The number of nitrogens with zero attached hydrogens (tertiary/aromatic N) is 2. The second-order valence-electron chi connectivity index (χ2n) is 20.4. The highest BCUT2D eigenvalue weighted by molar-refractivity contribution is 5.94. The molecule has 4 aliphatic rings. The first-order valence-electron chi connectivity index (χ1n) is 24.6. The molecule has 0 amide bonds. The number of hydrogen-bond acceptors (Lipinski definition) is 3. The Morgan fingerprint density at radius 2 is 0.629 bits per heavy atom. The monoisotopic (exact) mass is 898 g/mol. The lowest BCUT2D eigenvalue weighted by Crippen LogP contribution is -2.32. The lowest BCUT2D eigenvalue weighted by Gasteiger charge is -2.40. The van der Waals surface area contributed by atoms with Gasteiger partial charge >= 0.3 is 0 Å². The molecule has 0 N–H and O–H groups in total. The number of para-hydroxylation sites is 3. The summed E-state index contributed by atoms with van der Waals surface area (Å²) in [6.45, 7) is 9.42. The number of anilines is 6. The zero-order valence-electron chi connectivity index (χ0n) is 39.7. The zero-order chi connectivity index (χ0) is 46.9. The van der Waals surface area contributed by atoms with Crippen LogP contribution in [0.2, 0.25) is 0 Å². The summed E-state index contributed by atoms with van der Waals surface area (Å²) in [5.41, 5.74) is 23.7. The lowest BCUT2D eigenvalue weighted by molar-refractivity contribution is 0.436. The molecule has 334 valence electrons. The summed E-state index contributed by atoms with van der Waals surface area (Å²) in [5.74, 6) is 1.72. The third kappa shape index (κ3) is 5.58. The van der Waals surface area contributed by atoms with Gasteiger partial charge in [-0.25, -0.2) is 0 Å². The Bertz CT molecular complexity index is 3770. The van der Waals surface area contributed by atoms with Gasteiger partial charge in [0.25, 0.3) is 0 Å². The molecule has 1 unspecified atom stereocenters. The Morgan fingerprint density at radius 1 is 0.257 bits per heavy atom. The fourth-order valence-electron chi connectivity index (χ4n) is 12.9. The Labute approximate surface area is 410 Å². The Morgan fingerprint density at radius 3 is 1.19 bits per heavy atom. The molecule has 3 nitrogen and oxygen atoms in total. The molecule has 10 aromatic rings. The normalized spacial score (nSPS) is 16.4. The van der Waals surface area contributed by atoms with Crippen molar-refractivity contribution in [2.24, 2.45) is 0 Å². The van der Waals surface area contributed by atoms with Crippen LogP contribution in [-0.2, 0) is 16.2 Å². The molecule has 3 aliphatic carbocycles. The van der Waals surface area contributed by atoms with E-state index in [1.165, 1.54) is 66.8 Å². The molecule has 0 saturated heterocycles. The number of rotatable bonds is 6. The van der Waals surface area contributed by atoms with Gasteiger partial charge in [-0.05, 0) is 140 Å². The summed E-state index contributed by atoms with van der Waals surface area (Å²) >= 11 is 0. The van der Waals surface area contributed by atoms with Crippen molar-refractivity contribution in [3.05, 3.63) is 275 Å². The minimum absolute atomic E-state index is 0.125. The second-order valence-corrected chi connectivity index (χ2v) is 20.4. The van der Waals surface area contributed by atoms with E-state index >= 15 is 0 Å². The highest BCUT2D eigenvalue weighted by Gasteiger charge is 2.51. The maximum Gasteiger partial charge on any atom is 0.134 e. The molecular formula is C67H50N2O. The quantitative estimate of drug-likeness (QED) is 0.165. The second kappa shape index (κ2) is 14.8. The summed E-state index contributed by atoms with van der Waals surface area (Å²) in [7, 11) is 0. The molecule has 0 saturated carbocycles. The van der Waals surface area contributed by atoms with Crippen LogP contribution in [0.3, 0.4) is 0 Å². The largest absolute Gasteiger partial charge is 0.457 e. The van der Waals surface area contributed by atoms with E-state index in [9.17, 15) is 0 Å². The van der Waals surface area contributed by atoms with Crippen LogP contribution in [0.5, 0.6) is 11.5 Å². The molecule has 1 heterocycles. The minimum Gasteiger partial charge on any atom is -0.457 e. The average molecular weight is 899 g/mol. The fourth-order valence-corrected chi connectivity index (χ4v) is 12.9. The van der Waals surface area contributed by atoms with Gasteiger partial charge < -0.3 is 14.5 Å². The van der Waals surface area contributed by atoms with Crippen LogP contribution in [0, 0.1) is 0 Å². The van der Waals surface area contributed by atoms with Crippen molar-refractivity contribution in [3.63, 3.8) is 0 Å². The Kier molecular flexibility index (Phi) is 8.59. The molecule has 1 spiro atoms. The summed E-state index contributed by atoms with van der Waals surface area (Å²) < 4.78 is 7.13. The van der Waals surface area contributed by atoms with Gasteiger partial charge in [-0.2, -0.15) is 0 Å². The van der Waals surface area contributed by atoms with Crippen molar-refractivity contribution in [1.29, 1.82) is 0 Å². The van der Waals surface area contributed by atoms with Gasteiger partial charge in [0.05, 0.1) is 5.41 Å². The first kappa shape index (κ1) is 40.6. The third-order valence-corrected chi connectivity index (χ3v) is 16.1. The average Bonchev–Trinajstić information content (AvgIpc) is 3.91. The Hall–Kier alpha value is -8.40. The molecule has 0 bridgehead atoms. The maximum atomic E-state index is 7.13. The van der Waals surface area contributed by atoms with Crippen LogP contribution in [0.25, 0.3) is 33.4 Å². The van der Waals surface area contributed by atoms with E-state index in [1.54, 1.807) is 0 Å². The molecular weight excluding hydrogens is 849 g/mol. The van der Waals surface area contributed by atoms with Gasteiger partial charge in [-0.1, -0.05) is 179 Å². The van der Waals surface area contributed by atoms with Crippen molar-refractivity contribution in [1.82, 2.24) is 0 Å². The van der Waals surface area contributed by atoms with Gasteiger partial charge in [-0.15, -0.1) is 0 Å². The van der Waals surface area contributed by atoms with Crippen molar-refractivity contribution in [3.8, 4) is 44.9 Å². The van der Waals surface area contributed by atoms with E-state index in [0.29, 0.717) is 0 Å². The summed E-state index contributed by atoms with van der Waals surface area (Å²) in [5, 5.41) is 0. The van der Waals surface area contributed by atoms with Crippen molar-refractivity contribution >= 4 is 34.1 Å². The lowest BCUT2D eigenvalue weighted by atomic mass is 9.66.